The predicted molar refractivity (Wildman–Crippen MR) is 278 cm³/mol. The van der Waals surface area contributed by atoms with Gasteiger partial charge in [-0.2, -0.15) is 0 Å². The van der Waals surface area contributed by atoms with Crippen molar-refractivity contribution in [3.8, 4) is 0 Å². The van der Waals surface area contributed by atoms with E-state index in [2.05, 4.69) is 16.0 Å². The first-order valence-electron chi connectivity index (χ1n) is 24.1. The van der Waals surface area contributed by atoms with Crippen molar-refractivity contribution >= 4 is 106 Å². The maximum absolute atomic E-state index is 12.4. The van der Waals surface area contributed by atoms with Crippen LogP contribution in [0.25, 0.3) is 0 Å². The van der Waals surface area contributed by atoms with Crippen LogP contribution in [0.5, 0.6) is 0 Å². The van der Waals surface area contributed by atoms with Gasteiger partial charge >= 0.3 is 17.9 Å². The number of hydrogen-bond acceptors (Lipinski definition) is 18. The third kappa shape index (κ3) is 42.3. The van der Waals surface area contributed by atoms with Gasteiger partial charge in [-0.1, -0.05) is 142 Å². The minimum atomic E-state index is -1.08. The lowest BCUT2D eigenvalue weighted by molar-refractivity contribution is -0.144. The fourth-order valence-electron chi connectivity index (χ4n) is 6.68. The number of carbonyl (C=O) groups excluding carboxylic acids is 4. The lowest BCUT2D eigenvalue weighted by Crippen LogP contribution is -2.40. The molecule has 1 rings (SSSR count). The molecule has 0 radical (unpaired) electrons. The van der Waals surface area contributed by atoms with Gasteiger partial charge < -0.3 is 44.9 Å². The normalized spacial score (nSPS) is 14.3. The highest BCUT2D eigenvalue weighted by Crippen LogP contribution is 2.46. The number of amides is 2. The summed E-state index contributed by atoms with van der Waals surface area (Å²) in [6.07, 6.45) is 16.8. The van der Waals surface area contributed by atoms with E-state index in [9.17, 15) is 43.8 Å². The highest BCUT2D eigenvalue weighted by Gasteiger charge is 2.24. The average molecular weight is 1080 g/mol. The van der Waals surface area contributed by atoms with Gasteiger partial charge in [0, 0.05) is 51.8 Å². The van der Waals surface area contributed by atoms with Crippen LogP contribution in [0.2, 0.25) is 0 Å². The summed E-state index contributed by atoms with van der Waals surface area (Å²) in [7, 11) is 10.4. The molecule has 2 atom stereocenters. The van der Waals surface area contributed by atoms with Crippen LogP contribution in [0.4, 0.5) is 0 Å². The number of aliphatic carboxylic acids is 3. The minimum Gasteiger partial charge on any atom is -0.481 e. The Morgan fingerprint density at radius 3 is 1.60 bits per heavy atom. The standard InChI is InChI=1S/C45H79N3O14S6/c49-37(17-12-9-7-5-3-1-2-4-6-8-10-14-20-42(53)54)31-36(43(55)56)21-22-40(51)47-24-26-60-28-29-61-32-38(50)18-16-25-59-27-30-62-33-41(52)46-23-15-11-13-19-39(44(57)58)48-45-67-65-34-63-64-35-66-68-45/h36,39,45,48H,1-35H2,(H,46,52)(H,47,51)(H,53,54)(H,55,56)(H,57,58)/t36-,39+/m1/s1. The van der Waals surface area contributed by atoms with Crippen LogP contribution in [0.1, 0.15) is 148 Å². The molecule has 0 aromatic rings. The van der Waals surface area contributed by atoms with E-state index >= 15 is 0 Å². The molecule has 1 aliphatic heterocycles. The second kappa shape index (κ2) is 46.6. The molecule has 0 bridgehead atoms. The van der Waals surface area contributed by atoms with E-state index in [0.717, 1.165) is 87.2 Å². The summed E-state index contributed by atoms with van der Waals surface area (Å²) >= 11 is 0. The van der Waals surface area contributed by atoms with Crippen LogP contribution >= 0.6 is 64.8 Å². The summed E-state index contributed by atoms with van der Waals surface area (Å²) in [6.45, 7) is 2.15. The fraction of sp³-hybridized carbons (Fsp3) is 0.844. The molecule has 17 nitrogen and oxygen atoms in total. The smallest absolute Gasteiger partial charge is 0.320 e. The van der Waals surface area contributed by atoms with Gasteiger partial charge in [0.25, 0.3) is 0 Å². The summed E-state index contributed by atoms with van der Waals surface area (Å²) in [5.74, 6) is -4.24. The molecular weight excluding hydrogens is 999 g/mol. The molecule has 68 heavy (non-hydrogen) atoms. The molecule has 0 aromatic carbocycles. The third-order valence-corrected chi connectivity index (χ3v) is 20.3. The predicted octanol–water partition coefficient (Wildman–Crippen LogP) is 8.58. The quantitative estimate of drug-likeness (QED) is 0.0246. The Kier molecular flexibility index (Phi) is 44.3. The second-order valence-corrected chi connectivity index (χ2v) is 24.7. The Morgan fingerprint density at radius 1 is 0.471 bits per heavy atom. The molecule has 1 fully saturated rings. The van der Waals surface area contributed by atoms with Crippen molar-refractivity contribution in [1.82, 2.24) is 16.0 Å². The number of carboxylic acid groups (broad SMARTS) is 3. The van der Waals surface area contributed by atoms with Gasteiger partial charge in [0.05, 0.1) is 49.1 Å². The molecule has 1 saturated heterocycles. The number of ether oxygens (including phenoxy) is 4. The number of hydrogen-bond donors (Lipinski definition) is 6. The number of unbranched alkanes of at least 4 members (excludes halogenated alkanes) is 13. The molecule has 0 unspecified atom stereocenters. The molecule has 2 amide bonds. The maximum atomic E-state index is 12.4. The lowest BCUT2D eigenvalue weighted by Gasteiger charge is -2.21. The number of rotatable bonds is 47. The Hall–Kier alpha value is -1.41. The number of carbonyl (C=O) groups is 7. The Morgan fingerprint density at radius 2 is 1.00 bits per heavy atom. The van der Waals surface area contributed by atoms with Crippen molar-refractivity contribution in [1.29, 1.82) is 0 Å². The van der Waals surface area contributed by atoms with Crippen LogP contribution in [0, 0.1) is 5.92 Å². The molecule has 0 saturated carbocycles. The van der Waals surface area contributed by atoms with Crippen LogP contribution in [-0.4, -0.2) is 143 Å². The van der Waals surface area contributed by atoms with E-state index in [0.29, 0.717) is 38.8 Å². The summed E-state index contributed by atoms with van der Waals surface area (Å²) in [6, 6.07) is -0.609. The van der Waals surface area contributed by atoms with Crippen molar-refractivity contribution in [3.63, 3.8) is 0 Å². The molecule has 23 heteroatoms. The topological polar surface area (TPSA) is 253 Å². The van der Waals surface area contributed by atoms with Crippen molar-refractivity contribution in [2.24, 2.45) is 5.92 Å². The SMILES string of the molecule is O=C(O)CCCCCCCCCCCCCCC(=O)C[C@@H](CCC(=O)NCCOCCOCC(=O)CCCOCCOCC(=O)NCCCCC[C@H](NC1SSCSSCSS1)C(=O)O)C(=O)O. The Labute approximate surface area is 427 Å². The van der Waals surface area contributed by atoms with Crippen molar-refractivity contribution in [2.75, 3.05) is 76.1 Å². The highest BCUT2D eigenvalue weighted by molar-refractivity contribution is 8.92. The van der Waals surface area contributed by atoms with Gasteiger partial charge in [-0.05, 0) is 38.5 Å². The molecule has 1 heterocycles. The first-order valence-corrected chi connectivity index (χ1v) is 31.3. The van der Waals surface area contributed by atoms with E-state index in [1.165, 1.54) is 19.3 Å². The zero-order valence-corrected chi connectivity index (χ0v) is 44.7. The summed E-state index contributed by atoms with van der Waals surface area (Å²) in [5, 5.41) is 38.6. The number of ketones is 2. The monoisotopic (exact) mass is 1080 g/mol. The van der Waals surface area contributed by atoms with E-state index in [1.54, 1.807) is 43.2 Å². The number of carboxylic acids is 3. The third-order valence-electron chi connectivity index (χ3n) is 10.4. The summed E-state index contributed by atoms with van der Waals surface area (Å²) < 4.78 is 21.7. The number of nitrogens with one attached hydrogen (secondary N) is 3. The van der Waals surface area contributed by atoms with E-state index in [4.69, 9.17) is 24.1 Å². The van der Waals surface area contributed by atoms with Crippen molar-refractivity contribution in [2.45, 2.75) is 158 Å². The molecule has 0 aliphatic carbocycles. The summed E-state index contributed by atoms with van der Waals surface area (Å²) in [4.78, 5) is 82.9. The van der Waals surface area contributed by atoms with Crippen LogP contribution in [-0.2, 0) is 52.5 Å². The molecule has 6 N–H and O–H groups in total. The van der Waals surface area contributed by atoms with Gasteiger partial charge in [-0.25, -0.2) is 0 Å². The van der Waals surface area contributed by atoms with Crippen LogP contribution in [0.15, 0.2) is 0 Å². The Bertz CT molecular complexity index is 1370. The molecule has 394 valence electrons. The fourth-order valence-corrected chi connectivity index (χ4v) is 17.1. The van der Waals surface area contributed by atoms with Gasteiger partial charge in [0.15, 0.2) is 5.78 Å². The maximum Gasteiger partial charge on any atom is 0.320 e. The van der Waals surface area contributed by atoms with Gasteiger partial charge in [-0.3, -0.25) is 38.9 Å². The van der Waals surface area contributed by atoms with Gasteiger partial charge in [0.1, 0.15) is 29.7 Å². The van der Waals surface area contributed by atoms with Gasteiger partial charge in [0.2, 0.25) is 11.8 Å². The van der Waals surface area contributed by atoms with E-state index < -0.39 is 29.9 Å². The molecule has 1 aliphatic rings. The van der Waals surface area contributed by atoms with Gasteiger partial charge in [-0.15, -0.1) is 0 Å². The molecule has 0 spiro atoms. The first kappa shape index (κ1) is 64.6. The largest absolute Gasteiger partial charge is 0.481 e. The highest BCUT2D eigenvalue weighted by atomic mass is 33.2. The first-order chi connectivity index (χ1) is 33.0. The van der Waals surface area contributed by atoms with Crippen molar-refractivity contribution in [3.05, 3.63) is 0 Å². The second-order valence-electron chi connectivity index (χ2n) is 16.3. The minimum absolute atomic E-state index is 0.00336. The van der Waals surface area contributed by atoms with Crippen molar-refractivity contribution < 1.29 is 67.8 Å². The summed E-state index contributed by atoms with van der Waals surface area (Å²) in [5.41, 5.74) is 0. The average Bonchev–Trinajstić information content (AvgIpc) is 3.44. The lowest BCUT2D eigenvalue weighted by atomic mass is 9.94. The number of Topliss-reactive ketones (excluding diaryl/α,β-unsaturated/α-hetero) is 2. The molecule has 0 aromatic heterocycles. The van der Waals surface area contributed by atoms with Crippen LogP contribution < -0.4 is 16.0 Å². The van der Waals surface area contributed by atoms with E-state index in [1.807, 2.05) is 21.6 Å². The zero-order chi connectivity index (χ0) is 49.7. The molecular formula is C45H79N3O14S6. The Balaban J connectivity index is 1.92. The van der Waals surface area contributed by atoms with E-state index in [-0.39, 0.29) is 107 Å². The zero-order valence-electron chi connectivity index (χ0n) is 39.8. The van der Waals surface area contributed by atoms with Crippen LogP contribution in [0.3, 0.4) is 0 Å².